The molecule has 1 aromatic heterocycles. The van der Waals surface area contributed by atoms with E-state index >= 15 is 0 Å². The van der Waals surface area contributed by atoms with Crippen LogP contribution in [0.1, 0.15) is 27.2 Å². The molecule has 0 amide bonds. The lowest BCUT2D eigenvalue weighted by atomic mass is 10.1. The van der Waals surface area contributed by atoms with Gasteiger partial charge in [0.25, 0.3) is 0 Å². The summed E-state index contributed by atoms with van der Waals surface area (Å²) in [6.07, 6.45) is 9.06. The van der Waals surface area contributed by atoms with E-state index in [1.54, 1.807) is 37.5 Å². The molecule has 1 heterocycles. The highest BCUT2D eigenvalue weighted by atomic mass is 16.4. The van der Waals surface area contributed by atoms with Crippen LogP contribution >= 0.6 is 0 Å². The lowest BCUT2D eigenvalue weighted by molar-refractivity contribution is -0.132. The molecule has 17 heavy (non-hydrogen) atoms. The summed E-state index contributed by atoms with van der Waals surface area (Å²) in [5, 5.41) is 8.60. The quantitative estimate of drug-likeness (QED) is 0.645. The number of hydrogen-bond acceptors (Lipinski definition) is 3. The summed E-state index contributed by atoms with van der Waals surface area (Å²) in [5.41, 5.74) is 1.45. The summed E-state index contributed by atoms with van der Waals surface area (Å²) in [6.45, 7) is 5.65. The van der Waals surface area contributed by atoms with Gasteiger partial charge in [0.2, 0.25) is 0 Å². The summed E-state index contributed by atoms with van der Waals surface area (Å²) >= 11 is 0. The van der Waals surface area contributed by atoms with E-state index in [1.807, 2.05) is 13.8 Å². The van der Waals surface area contributed by atoms with E-state index in [-0.39, 0.29) is 0 Å². The number of aromatic nitrogens is 2. The molecule has 0 aliphatic heterocycles. The molecule has 0 bridgehead atoms. The number of carboxylic acid groups (broad SMARTS) is 1. The topological polar surface area (TPSA) is 63.1 Å². The third kappa shape index (κ3) is 7.90. The first-order valence-corrected chi connectivity index (χ1v) is 5.38. The molecule has 0 saturated heterocycles. The van der Waals surface area contributed by atoms with E-state index in [1.165, 1.54) is 6.33 Å². The number of hydrogen-bond donors (Lipinski definition) is 1. The number of carbonyl (C=O) groups is 1. The van der Waals surface area contributed by atoms with Gasteiger partial charge in [0.15, 0.2) is 0 Å². The Hall–Kier alpha value is -1.97. The number of carboxylic acids is 1. The summed E-state index contributed by atoms with van der Waals surface area (Å²) in [4.78, 5) is 17.8. The normalized spacial score (nSPS) is 11.5. The summed E-state index contributed by atoms with van der Waals surface area (Å²) in [6, 6.07) is 1.78. The van der Waals surface area contributed by atoms with Gasteiger partial charge in [-0.2, -0.15) is 0 Å². The maximum Gasteiger partial charge on any atom is 0.335 e. The van der Waals surface area contributed by atoms with Crippen LogP contribution in [0.15, 0.2) is 48.1 Å². The zero-order valence-corrected chi connectivity index (χ0v) is 10.4. The van der Waals surface area contributed by atoms with Crippen LogP contribution < -0.4 is 0 Å². The van der Waals surface area contributed by atoms with Crippen molar-refractivity contribution in [3.63, 3.8) is 0 Å². The molecule has 4 nitrogen and oxygen atoms in total. The summed E-state index contributed by atoms with van der Waals surface area (Å²) in [5.74, 6) is -0.861. The second-order valence-electron chi connectivity index (χ2n) is 3.30. The lowest BCUT2D eigenvalue weighted by Gasteiger charge is -1.95. The van der Waals surface area contributed by atoms with Crippen LogP contribution in [0.4, 0.5) is 0 Å². The van der Waals surface area contributed by atoms with Gasteiger partial charge in [0, 0.05) is 12.4 Å². The molecule has 0 fully saturated rings. The zero-order valence-electron chi connectivity index (χ0n) is 10.4. The fourth-order valence-electron chi connectivity index (χ4n) is 0.889. The molecule has 0 aliphatic rings. The van der Waals surface area contributed by atoms with E-state index in [2.05, 4.69) is 9.97 Å². The van der Waals surface area contributed by atoms with Crippen LogP contribution in [-0.4, -0.2) is 21.0 Å². The SMILES string of the molecule is C/C=C(\C=C(\C)CC)C(=O)O.c1cncnc1. The first-order valence-electron chi connectivity index (χ1n) is 5.38. The number of allylic oxidation sites excluding steroid dienone is 2. The minimum Gasteiger partial charge on any atom is -0.478 e. The van der Waals surface area contributed by atoms with Crippen molar-refractivity contribution in [3.8, 4) is 0 Å². The highest BCUT2D eigenvalue weighted by Crippen LogP contribution is 2.05. The Labute approximate surface area is 102 Å². The molecule has 0 aromatic carbocycles. The van der Waals surface area contributed by atoms with Crippen LogP contribution in [0.5, 0.6) is 0 Å². The van der Waals surface area contributed by atoms with Gasteiger partial charge in [-0.25, -0.2) is 14.8 Å². The highest BCUT2D eigenvalue weighted by Gasteiger charge is 2.00. The molecule has 0 unspecified atom stereocenters. The van der Waals surface area contributed by atoms with Crippen molar-refractivity contribution < 1.29 is 9.90 Å². The van der Waals surface area contributed by atoms with Gasteiger partial charge < -0.3 is 5.11 Å². The predicted molar refractivity (Wildman–Crippen MR) is 67.5 cm³/mol. The smallest absolute Gasteiger partial charge is 0.335 e. The van der Waals surface area contributed by atoms with Gasteiger partial charge in [0.1, 0.15) is 6.33 Å². The van der Waals surface area contributed by atoms with Crippen LogP contribution in [0.3, 0.4) is 0 Å². The zero-order chi connectivity index (χ0) is 13.1. The molecule has 0 atom stereocenters. The van der Waals surface area contributed by atoms with Crippen LogP contribution in [0.2, 0.25) is 0 Å². The standard InChI is InChI=1S/C9H14O2.C4H4N2/c1-4-7(3)6-8(5-2)9(10)11;1-2-5-4-6-3-1/h5-6H,4H2,1-3H3,(H,10,11);1-4H/b7-6-,8-5+;. The van der Waals surface area contributed by atoms with E-state index < -0.39 is 5.97 Å². The second kappa shape index (κ2) is 9.27. The number of rotatable bonds is 3. The monoisotopic (exact) mass is 234 g/mol. The third-order valence-electron chi connectivity index (χ3n) is 2.00. The van der Waals surface area contributed by atoms with Crippen LogP contribution in [0.25, 0.3) is 0 Å². The average Bonchev–Trinajstić information content (AvgIpc) is 2.38. The van der Waals surface area contributed by atoms with Gasteiger partial charge in [-0.05, 0) is 32.4 Å². The Bertz CT molecular complexity index is 357. The molecular formula is C13H18N2O2. The van der Waals surface area contributed by atoms with E-state index in [4.69, 9.17) is 5.11 Å². The number of aliphatic carboxylic acids is 1. The van der Waals surface area contributed by atoms with Crippen molar-refractivity contribution in [1.29, 1.82) is 0 Å². The summed E-state index contributed by atoms with van der Waals surface area (Å²) in [7, 11) is 0. The van der Waals surface area contributed by atoms with Gasteiger partial charge >= 0.3 is 5.97 Å². The molecular weight excluding hydrogens is 216 g/mol. The minimum atomic E-state index is -0.861. The molecule has 0 spiro atoms. The van der Waals surface area contributed by atoms with Gasteiger partial charge in [-0.1, -0.05) is 18.6 Å². The van der Waals surface area contributed by atoms with E-state index in [0.29, 0.717) is 5.57 Å². The molecule has 1 rings (SSSR count). The molecule has 1 aromatic rings. The molecule has 92 valence electrons. The van der Waals surface area contributed by atoms with E-state index in [9.17, 15) is 4.79 Å². The molecule has 0 saturated carbocycles. The lowest BCUT2D eigenvalue weighted by Crippen LogP contribution is -1.97. The third-order valence-corrected chi connectivity index (χ3v) is 2.00. The Morgan fingerprint density at radius 2 is 1.94 bits per heavy atom. The van der Waals surface area contributed by atoms with E-state index in [0.717, 1.165) is 12.0 Å². The fraction of sp³-hybridized carbons (Fsp3) is 0.308. The van der Waals surface area contributed by atoms with Crippen molar-refractivity contribution in [3.05, 3.63) is 48.1 Å². The average molecular weight is 234 g/mol. The van der Waals surface area contributed by atoms with Crippen LogP contribution in [-0.2, 0) is 4.79 Å². The highest BCUT2D eigenvalue weighted by molar-refractivity contribution is 5.89. The van der Waals surface area contributed by atoms with Crippen molar-refractivity contribution in [2.45, 2.75) is 27.2 Å². The van der Waals surface area contributed by atoms with Crippen molar-refractivity contribution in [2.24, 2.45) is 0 Å². The maximum atomic E-state index is 10.5. The van der Waals surface area contributed by atoms with Gasteiger partial charge in [-0.3, -0.25) is 0 Å². The predicted octanol–water partition coefficient (Wildman–Crippen LogP) is 2.85. The van der Waals surface area contributed by atoms with Crippen molar-refractivity contribution in [1.82, 2.24) is 9.97 Å². The second-order valence-corrected chi connectivity index (χ2v) is 3.30. The Balaban J connectivity index is 0.000000354. The molecule has 0 aliphatic carbocycles. The van der Waals surface area contributed by atoms with Crippen LogP contribution in [0, 0.1) is 0 Å². The Morgan fingerprint density at radius 3 is 2.18 bits per heavy atom. The summed E-state index contributed by atoms with van der Waals surface area (Å²) < 4.78 is 0. The van der Waals surface area contributed by atoms with Crippen molar-refractivity contribution >= 4 is 5.97 Å². The molecule has 4 heteroatoms. The van der Waals surface area contributed by atoms with Gasteiger partial charge in [-0.15, -0.1) is 0 Å². The minimum absolute atomic E-state index is 0.365. The molecule has 0 radical (unpaired) electrons. The first-order chi connectivity index (χ1) is 8.11. The number of nitrogens with zero attached hydrogens (tertiary/aromatic N) is 2. The van der Waals surface area contributed by atoms with Gasteiger partial charge in [0.05, 0.1) is 5.57 Å². The Kier molecular flexibility index (Phi) is 8.20. The molecule has 1 N–H and O–H groups in total. The van der Waals surface area contributed by atoms with Crippen molar-refractivity contribution in [2.75, 3.05) is 0 Å². The maximum absolute atomic E-state index is 10.5. The fourth-order valence-corrected chi connectivity index (χ4v) is 0.889. The largest absolute Gasteiger partial charge is 0.478 e. The first kappa shape index (κ1) is 15.0. The Morgan fingerprint density at radius 1 is 1.35 bits per heavy atom.